The van der Waals surface area contributed by atoms with Crippen molar-refractivity contribution in [2.24, 2.45) is 0 Å². The minimum atomic E-state index is -0.501. The molecule has 2 aromatic rings. The molecule has 122 valence electrons. The number of nitriles is 1. The summed E-state index contributed by atoms with van der Waals surface area (Å²) < 4.78 is 5.08. The van der Waals surface area contributed by atoms with Crippen LogP contribution in [0.1, 0.15) is 34.8 Å². The summed E-state index contributed by atoms with van der Waals surface area (Å²) in [7, 11) is 0. The van der Waals surface area contributed by atoms with Crippen molar-refractivity contribution in [3.05, 3.63) is 52.4 Å². The molecule has 0 bridgehead atoms. The fraction of sp³-hybridized carbons (Fsp3) is 0.167. The summed E-state index contributed by atoms with van der Waals surface area (Å²) in [5.74, 6) is -0.956. The van der Waals surface area contributed by atoms with Crippen LogP contribution in [0.25, 0.3) is 12.2 Å². The van der Waals surface area contributed by atoms with Crippen LogP contribution in [0.3, 0.4) is 0 Å². The van der Waals surface area contributed by atoms with Crippen molar-refractivity contribution < 1.29 is 14.3 Å². The van der Waals surface area contributed by atoms with Crippen molar-refractivity contribution in [1.29, 1.82) is 5.26 Å². The Hall–Kier alpha value is -2.91. The summed E-state index contributed by atoms with van der Waals surface area (Å²) in [6.45, 7) is 1.96. The fourth-order valence-electron chi connectivity index (χ4n) is 1.99. The van der Waals surface area contributed by atoms with E-state index in [4.69, 9.17) is 10.00 Å². The number of carbonyl (C=O) groups excluding carboxylic acids is 2. The van der Waals surface area contributed by atoms with Gasteiger partial charge in [0, 0.05) is 10.9 Å². The predicted octanol–water partition coefficient (Wildman–Crippen LogP) is 3.95. The smallest absolute Gasteiger partial charge is 0.341 e. The van der Waals surface area contributed by atoms with Crippen molar-refractivity contribution in [3.8, 4) is 6.07 Å². The van der Waals surface area contributed by atoms with Crippen LogP contribution in [-0.2, 0) is 9.53 Å². The first-order chi connectivity index (χ1) is 11.7. The van der Waals surface area contributed by atoms with Gasteiger partial charge in [-0.3, -0.25) is 4.79 Å². The van der Waals surface area contributed by atoms with E-state index in [1.165, 1.54) is 11.3 Å². The topological polar surface area (TPSA) is 79.2 Å². The zero-order valence-corrected chi connectivity index (χ0v) is 13.9. The number of hydrogen-bond donors (Lipinski definition) is 1. The number of anilines is 1. The van der Waals surface area contributed by atoms with E-state index in [-0.39, 0.29) is 13.0 Å². The maximum absolute atomic E-state index is 12.2. The maximum Gasteiger partial charge on any atom is 0.341 e. The van der Waals surface area contributed by atoms with E-state index in [0.717, 1.165) is 5.56 Å². The largest absolute Gasteiger partial charge is 0.462 e. The number of carbonyl (C=O) groups is 2. The third kappa shape index (κ3) is 4.54. The zero-order chi connectivity index (χ0) is 17.4. The number of rotatable bonds is 6. The molecule has 6 heteroatoms. The second kappa shape index (κ2) is 8.65. The standard InChI is InChI=1S/C18H16N2O3S/c1-2-23-18(22)16-14(9-8-13-6-4-3-5-7-13)12-24-17(16)20-15(21)10-11-19/h3-9,12H,2,10H2,1H3,(H,20,21). The van der Waals surface area contributed by atoms with Gasteiger partial charge in [-0.15, -0.1) is 11.3 Å². The van der Waals surface area contributed by atoms with Crippen LogP contribution in [0.15, 0.2) is 35.7 Å². The number of nitrogens with zero attached hydrogens (tertiary/aromatic N) is 1. The highest BCUT2D eigenvalue weighted by Gasteiger charge is 2.20. The molecule has 0 spiro atoms. The predicted molar refractivity (Wildman–Crippen MR) is 94.5 cm³/mol. The molecule has 5 nitrogen and oxygen atoms in total. The lowest BCUT2D eigenvalue weighted by atomic mass is 10.1. The summed E-state index contributed by atoms with van der Waals surface area (Å²) >= 11 is 1.23. The van der Waals surface area contributed by atoms with E-state index in [2.05, 4.69) is 5.32 Å². The third-order valence-corrected chi connectivity index (χ3v) is 3.96. The molecule has 0 atom stereocenters. The first-order valence-electron chi connectivity index (χ1n) is 7.34. The van der Waals surface area contributed by atoms with Crippen LogP contribution in [0.4, 0.5) is 5.00 Å². The van der Waals surface area contributed by atoms with Crippen molar-refractivity contribution in [2.75, 3.05) is 11.9 Å². The van der Waals surface area contributed by atoms with Crippen LogP contribution >= 0.6 is 11.3 Å². The normalized spacial score (nSPS) is 10.3. The average molecular weight is 340 g/mol. The molecule has 1 N–H and O–H groups in total. The Balaban J connectivity index is 2.32. The van der Waals surface area contributed by atoms with Gasteiger partial charge in [-0.05, 0) is 12.5 Å². The van der Waals surface area contributed by atoms with Crippen LogP contribution < -0.4 is 5.32 Å². The molecule has 0 fully saturated rings. The Labute approximate surface area is 144 Å². The van der Waals surface area contributed by atoms with E-state index in [9.17, 15) is 9.59 Å². The van der Waals surface area contributed by atoms with Gasteiger partial charge in [0.05, 0.1) is 12.7 Å². The number of benzene rings is 1. The van der Waals surface area contributed by atoms with Gasteiger partial charge < -0.3 is 10.1 Å². The lowest BCUT2D eigenvalue weighted by Gasteiger charge is -2.06. The molecule has 0 aliphatic heterocycles. The van der Waals surface area contributed by atoms with Crippen LogP contribution in [0, 0.1) is 11.3 Å². The van der Waals surface area contributed by atoms with Gasteiger partial charge in [-0.25, -0.2) is 4.79 Å². The first kappa shape index (κ1) is 17.4. The number of nitrogens with one attached hydrogen (secondary N) is 1. The molecule has 0 aliphatic carbocycles. The molecule has 1 aromatic heterocycles. The van der Waals surface area contributed by atoms with E-state index in [1.54, 1.807) is 24.4 Å². The van der Waals surface area contributed by atoms with E-state index >= 15 is 0 Å². The summed E-state index contributed by atoms with van der Waals surface area (Å²) in [6, 6.07) is 11.4. The average Bonchev–Trinajstić information content (AvgIpc) is 2.97. The van der Waals surface area contributed by atoms with Gasteiger partial charge in [0.2, 0.25) is 5.91 Å². The quantitative estimate of drug-likeness (QED) is 0.808. The summed E-state index contributed by atoms with van der Waals surface area (Å²) in [6.07, 6.45) is 3.42. The number of amides is 1. The maximum atomic E-state index is 12.2. The zero-order valence-electron chi connectivity index (χ0n) is 13.1. The SMILES string of the molecule is CCOC(=O)c1c(C=Cc2ccccc2)csc1NC(=O)CC#N. The number of hydrogen-bond acceptors (Lipinski definition) is 5. The third-order valence-electron chi connectivity index (χ3n) is 3.05. The minimum absolute atomic E-state index is 0.238. The van der Waals surface area contributed by atoms with Gasteiger partial charge in [0.25, 0.3) is 0 Å². The highest BCUT2D eigenvalue weighted by Crippen LogP contribution is 2.30. The lowest BCUT2D eigenvalue weighted by Crippen LogP contribution is -2.13. The van der Waals surface area contributed by atoms with E-state index < -0.39 is 11.9 Å². The Morgan fingerprint density at radius 2 is 2.04 bits per heavy atom. The Morgan fingerprint density at radius 3 is 2.71 bits per heavy atom. The highest BCUT2D eigenvalue weighted by molar-refractivity contribution is 7.15. The molecule has 24 heavy (non-hydrogen) atoms. The molecular weight excluding hydrogens is 324 g/mol. The second-order valence-corrected chi connectivity index (χ2v) is 5.62. The van der Waals surface area contributed by atoms with Crippen molar-refractivity contribution >= 4 is 40.4 Å². The number of thiophene rings is 1. The first-order valence-corrected chi connectivity index (χ1v) is 8.22. The second-order valence-electron chi connectivity index (χ2n) is 4.74. The molecular formula is C18H16N2O3S. The Morgan fingerprint density at radius 1 is 1.29 bits per heavy atom. The molecule has 0 radical (unpaired) electrons. The van der Waals surface area contributed by atoms with Crippen molar-refractivity contribution in [3.63, 3.8) is 0 Å². The van der Waals surface area contributed by atoms with E-state index in [0.29, 0.717) is 16.1 Å². The van der Waals surface area contributed by atoms with Crippen LogP contribution in [0.5, 0.6) is 0 Å². The molecule has 2 rings (SSSR count). The van der Waals surface area contributed by atoms with Crippen LogP contribution in [-0.4, -0.2) is 18.5 Å². The molecule has 1 heterocycles. The Kier molecular flexibility index (Phi) is 6.29. The fourth-order valence-corrected chi connectivity index (χ4v) is 2.93. The summed E-state index contributed by atoms with van der Waals surface area (Å²) in [4.78, 5) is 23.9. The van der Waals surface area contributed by atoms with E-state index in [1.807, 2.05) is 36.4 Å². The number of esters is 1. The van der Waals surface area contributed by atoms with Crippen molar-refractivity contribution in [2.45, 2.75) is 13.3 Å². The molecule has 0 saturated carbocycles. The van der Waals surface area contributed by atoms with Gasteiger partial charge in [0.1, 0.15) is 17.0 Å². The Bertz CT molecular complexity index is 788. The molecule has 1 amide bonds. The number of ether oxygens (including phenoxy) is 1. The highest BCUT2D eigenvalue weighted by atomic mass is 32.1. The lowest BCUT2D eigenvalue weighted by molar-refractivity contribution is -0.115. The monoisotopic (exact) mass is 340 g/mol. The molecule has 0 saturated heterocycles. The molecule has 1 aromatic carbocycles. The summed E-state index contributed by atoms with van der Waals surface area (Å²) in [5.41, 5.74) is 1.96. The van der Waals surface area contributed by atoms with Gasteiger partial charge >= 0.3 is 5.97 Å². The van der Waals surface area contributed by atoms with Gasteiger partial charge in [0.15, 0.2) is 0 Å². The summed E-state index contributed by atoms with van der Waals surface area (Å²) in [5, 5.41) is 13.3. The van der Waals surface area contributed by atoms with Crippen molar-refractivity contribution in [1.82, 2.24) is 0 Å². The minimum Gasteiger partial charge on any atom is -0.462 e. The molecule has 0 aliphatic rings. The van der Waals surface area contributed by atoms with Gasteiger partial charge in [-0.2, -0.15) is 5.26 Å². The van der Waals surface area contributed by atoms with Gasteiger partial charge in [-0.1, -0.05) is 42.5 Å². The molecule has 0 unspecified atom stereocenters. The van der Waals surface area contributed by atoms with Crippen LogP contribution in [0.2, 0.25) is 0 Å².